The molecule has 2 aromatic heterocycles. The van der Waals surface area contributed by atoms with Crippen LogP contribution in [0.15, 0.2) is 35.4 Å². The van der Waals surface area contributed by atoms with Gasteiger partial charge >= 0.3 is 0 Å². The second-order valence-electron chi connectivity index (χ2n) is 4.75. The van der Waals surface area contributed by atoms with E-state index in [0.29, 0.717) is 11.6 Å². The molecule has 6 heteroatoms. The van der Waals surface area contributed by atoms with Gasteiger partial charge in [-0.15, -0.1) is 0 Å². The number of nitrogens with one attached hydrogen (secondary N) is 3. The molecule has 0 aliphatic carbocycles. The zero-order valence-electron chi connectivity index (χ0n) is 12.2. The van der Waals surface area contributed by atoms with Crippen molar-refractivity contribution in [3.8, 4) is 0 Å². The normalized spacial score (nSPS) is 10.5. The molecule has 2 rings (SSSR count). The van der Waals surface area contributed by atoms with Gasteiger partial charge in [0.2, 0.25) is 0 Å². The van der Waals surface area contributed by atoms with E-state index in [0.717, 1.165) is 32.5 Å². The number of H-pyrrole nitrogens is 1. The van der Waals surface area contributed by atoms with E-state index in [9.17, 15) is 4.79 Å². The number of hydrogen-bond donors (Lipinski definition) is 3. The Hall–Kier alpha value is -2.21. The topological polar surface area (TPSA) is 82.7 Å². The second kappa shape index (κ2) is 8.16. The summed E-state index contributed by atoms with van der Waals surface area (Å²) in [6, 6.07) is 5.47. The summed E-state index contributed by atoms with van der Waals surface area (Å²) in [7, 11) is 0. The maximum Gasteiger partial charge on any atom is 0.252 e. The molecule has 0 aliphatic heterocycles. The van der Waals surface area contributed by atoms with Crippen molar-refractivity contribution in [1.29, 1.82) is 0 Å². The molecule has 0 aromatic carbocycles. The summed E-state index contributed by atoms with van der Waals surface area (Å²) >= 11 is 0. The fourth-order valence-electron chi connectivity index (χ4n) is 1.93. The van der Waals surface area contributed by atoms with E-state index < -0.39 is 0 Å². The standard InChI is InChI=1S/C15H21N5O/c1-2-13-19-14(9-15(21)20-13)18-8-4-7-17-11-12-5-3-6-16-10-12/h3,5-6,9-10,17H,2,4,7-8,11H2,1H3,(H2,18,19,20,21). The Bertz CT molecular complexity index is 597. The molecule has 0 radical (unpaired) electrons. The zero-order valence-corrected chi connectivity index (χ0v) is 12.2. The van der Waals surface area contributed by atoms with E-state index in [2.05, 4.69) is 25.6 Å². The predicted octanol–water partition coefficient (Wildman–Crippen LogP) is 1.32. The molecular weight excluding hydrogens is 266 g/mol. The van der Waals surface area contributed by atoms with Crippen molar-refractivity contribution < 1.29 is 0 Å². The van der Waals surface area contributed by atoms with Gasteiger partial charge in [0.25, 0.3) is 5.56 Å². The van der Waals surface area contributed by atoms with Crippen LogP contribution in [-0.4, -0.2) is 28.0 Å². The molecule has 0 bridgehead atoms. The maximum absolute atomic E-state index is 11.4. The van der Waals surface area contributed by atoms with Gasteiger partial charge < -0.3 is 15.6 Å². The molecule has 21 heavy (non-hydrogen) atoms. The first-order valence-electron chi connectivity index (χ1n) is 7.21. The van der Waals surface area contributed by atoms with Crippen LogP contribution in [-0.2, 0) is 13.0 Å². The van der Waals surface area contributed by atoms with Crippen molar-refractivity contribution in [2.45, 2.75) is 26.3 Å². The van der Waals surface area contributed by atoms with E-state index in [1.165, 1.54) is 11.6 Å². The molecule has 0 saturated heterocycles. The summed E-state index contributed by atoms with van der Waals surface area (Å²) < 4.78 is 0. The smallest absolute Gasteiger partial charge is 0.252 e. The Balaban J connectivity index is 1.66. The van der Waals surface area contributed by atoms with Crippen molar-refractivity contribution in [2.75, 3.05) is 18.4 Å². The van der Waals surface area contributed by atoms with E-state index in [-0.39, 0.29) is 5.56 Å². The number of pyridine rings is 1. The number of nitrogens with zero attached hydrogens (tertiary/aromatic N) is 2. The molecule has 3 N–H and O–H groups in total. The number of aryl methyl sites for hydroxylation is 1. The molecule has 2 heterocycles. The molecule has 6 nitrogen and oxygen atoms in total. The Morgan fingerprint density at radius 2 is 2.24 bits per heavy atom. The lowest BCUT2D eigenvalue weighted by Crippen LogP contribution is -2.19. The molecule has 0 amide bonds. The number of anilines is 1. The van der Waals surface area contributed by atoms with Gasteiger partial charge in [-0.25, -0.2) is 4.98 Å². The number of aromatic amines is 1. The average molecular weight is 287 g/mol. The molecule has 0 unspecified atom stereocenters. The van der Waals surface area contributed by atoms with Gasteiger partial charge in [-0.05, 0) is 24.6 Å². The lowest BCUT2D eigenvalue weighted by Gasteiger charge is -2.07. The predicted molar refractivity (Wildman–Crippen MR) is 83.3 cm³/mol. The van der Waals surface area contributed by atoms with Crippen LogP contribution in [0, 0.1) is 0 Å². The maximum atomic E-state index is 11.4. The number of rotatable bonds is 8. The Labute approximate surface area is 124 Å². The molecule has 2 aromatic rings. The Morgan fingerprint density at radius 1 is 1.33 bits per heavy atom. The third kappa shape index (κ3) is 5.35. The molecule has 0 spiro atoms. The van der Waals surface area contributed by atoms with Crippen molar-refractivity contribution in [1.82, 2.24) is 20.3 Å². The van der Waals surface area contributed by atoms with Crippen LogP contribution in [0.2, 0.25) is 0 Å². The van der Waals surface area contributed by atoms with Gasteiger partial charge in [0, 0.05) is 38.0 Å². The monoisotopic (exact) mass is 287 g/mol. The van der Waals surface area contributed by atoms with E-state index in [1.807, 2.05) is 25.3 Å². The van der Waals surface area contributed by atoms with Crippen molar-refractivity contribution in [2.24, 2.45) is 0 Å². The second-order valence-corrected chi connectivity index (χ2v) is 4.75. The first kappa shape index (κ1) is 15.2. The summed E-state index contributed by atoms with van der Waals surface area (Å²) in [5.74, 6) is 1.35. The highest BCUT2D eigenvalue weighted by Crippen LogP contribution is 1.99. The van der Waals surface area contributed by atoms with Crippen LogP contribution in [0.25, 0.3) is 0 Å². The summed E-state index contributed by atoms with van der Waals surface area (Å²) in [4.78, 5) is 22.5. The van der Waals surface area contributed by atoms with Gasteiger partial charge in [0.1, 0.15) is 11.6 Å². The van der Waals surface area contributed by atoms with E-state index in [4.69, 9.17) is 0 Å². The highest BCUT2D eigenvalue weighted by molar-refractivity contribution is 5.32. The first-order chi connectivity index (χ1) is 10.3. The van der Waals surface area contributed by atoms with Gasteiger partial charge in [-0.2, -0.15) is 0 Å². The van der Waals surface area contributed by atoms with Crippen LogP contribution in [0.1, 0.15) is 24.7 Å². The minimum absolute atomic E-state index is 0.112. The minimum atomic E-state index is -0.112. The molecule has 0 saturated carbocycles. The highest BCUT2D eigenvalue weighted by atomic mass is 16.1. The molecule has 0 fully saturated rings. The van der Waals surface area contributed by atoms with Gasteiger partial charge in [0.05, 0.1) is 0 Å². The van der Waals surface area contributed by atoms with Crippen LogP contribution >= 0.6 is 0 Å². The Morgan fingerprint density at radius 3 is 3.00 bits per heavy atom. The molecule has 112 valence electrons. The van der Waals surface area contributed by atoms with Gasteiger partial charge in [-0.1, -0.05) is 13.0 Å². The van der Waals surface area contributed by atoms with Crippen LogP contribution < -0.4 is 16.2 Å². The molecular formula is C15H21N5O. The molecule has 0 atom stereocenters. The lowest BCUT2D eigenvalue weighted by molar-refractivity contribution is 0.661. The van der Waals surface area contributed by atoms with Crippen molar-refractivity contribution >= 4 is 5.82 Å². The van der Waals surface area contributed by atoms with Crippen LogP contribution in [0.4, 0.5) is 5.82 Å². The SMILES string of the molecule is CCc1nc(NCCCNCc2cccnc2)cc(=O)[nH]1. The lowest BCUT2D eigenvalue weighted by atomic mass is 10.3. The van der Waals surface area contributed by atoms with E-state index in [1.54, 1.807) is 6.20 Å². The van der Waals surface area contributed by atoms with E-state index >= 15 is 0 Å². The zero-order chi connectivity index (χ0) is 14.9. The quantitative estimate of drug-likeness (QED) is 0.638. The Kier molecular flexibility index (Phi) is 5.90. The summed E-state index contributed by atoms with van der Waals surface area (Å²) in [6.07, 6.45) is 5.30. The van der Waals surface area contributed by atoms with Gasteiger partial charge in [0.15, 0.2) is 0 Å². The summed E-state index contributed by atoms with van der Waals surface area (Å²) in [6.45, 7) is 4.45. The van der Waals surface area contributed by atoms with Crippen LogP contribution in [0.5, 0.6) is 0 Å². The first-order valence-corrected chi connectivity index (χ1v) is 7.21. The summed E-state index contributed by atoms with van der Waals surface area (Å²) in [5, 5.41) is 6.53. The fraction of sp³-hybridized carbons (Fsp3) is 0.400. The van der Waals surface area contributed by atoms with Crippen molar-refractivity contribution in [3.63, 3.8) is 0 Å². The van der Waals surface area contributed by atoms with Gasteiger partial charge in [-0.3, -0.25) is 9.78 Å². The summed E-state index contributed by atoms with van der Waals surface area (Å²) in [5.41, 5.74) is 1.06. The third-order valence-electron chi connectivity index (χ3n) is 3.01. The number of aromatic nitrogens is 3. The third-order valence-corrected chi connectivity index (χ3v) is 3.01. The number of hydrogen-bond acceptors (Lipinski definition) is 5. The fourth-order valence-corrected chi connectivity index (χ4v) is 1.93. The van der Waals surface area contributed by atoms with Crippen LogP contribution in [0.3, 0.4) is 0 Å². The largest absolute Gasteiger partial charge is 0.370 e. The molecule has 0 aliphatic rings. The highest BCUT2D eigenvalue weighted by Gasteiger charge is 1.99. The average Bonchev–Trinajstić information content (AvgIpc) is 2.51. The van der Waals surface area contributed by atoms with Crippen molar-refractivity contribution in [3.05, 3.63) is 52.3 Å². The minimum Gasteiger partial charge on any atom is -0.370 e.